The Balaban J connectivity index is 1.05. The summed E-state index contributed by atoms with van der Waals surface area (Å²) in [7, 11) is -0.752. The number of anilines is 3. The molecule has 2 heterocycles. The second-order valence-corrected chi connectivity index (χ2v) is 17.9. The molecule has 0 radical (unpaired) electrons. The molecule has 1 saturated heterocycles. The standard InChI is InChI=1S/C44H45ClF3N7O3S2/c1-53(2)20-19-35(29-59-37-11-7-4-8-12-37)51-34-14-18-42(41(26-34)58-44(46,47)48)60(56,57)52-43-39-17-15-36(27-40(39)49-30-50-43)55-23-21-54(22-24-55)28-32-25-33(45)13-16-38(32)31-9-5-3-6-10-31/h3-18,25-27,30,35,51H,19-24,28-29H2,1-2H3,(H,49,50,52). The van der Waals surface area contributed by atoms with Gasteiger partial charge >= 0.3 is 6.36 Å². The van der Waals surface area contributed by atoms with Crippen molar-refractivity contribution in [3.05, 3.63) is 132 Å². The Morgan fingerprint density at radius 2 is 1.62 bits per heavy atom. The highest BCUT2D eigenvalue weighted by Crippen LogP contribution is 2.35. The predicted molar refractivity (Wildman–Crippen MR) is 236 cm³/mol. The van der Waals surface area contributed by atoms with Gasteiger partial charge in [0, 0.05) is 77.3 Å². The number of fused-ring (bicyclic) bond motifs is 1. The third kappa shape index (κ3) is 11.4. The predicted octanol–water partition coefficient (Wildman–Crippen LogP) is 9.50. The van der Waals surface area contributed by atoms with E-state index >= 15 is 0 Å². The van der Waals surface area contributed by atoms with Gasteiger partial charge in [0.05, 0.1) is 5.52 Å². The van der Waals surface area contributed by atoms with Gasteiger partial charge in [-0.05, 0) is 98.3 Å². The number of ether oxygens (including phenoxy) is 1. The average molecular weight is 876 g/mol. The molecular weight excluding hydrogens is 831 g/mol. The molecule has 1 aliphatic heterocycles. The Labute approximate surface area is 357 Å². The summed E-state index contributed by atoms with van der Waals surface area (Å²) in [5.41, 5.74) is 5.09. The van der Waals surface area contributed by atoms with E-state index in [0.717, 1.165) is 78.7 Å². The number of halogens is 4. The van der Waals surface area contributed by atoms with Gasteiger partial charge in [-0.25, -0.2) is 18.4 Å². The van der Waals surface area contributed by atoms with Gasteiger partial charge in [0.25, 0.3) is 10.0 Å². The SMILES string of the molecule is CN(C)CCC(CSc1ccccc1)Nc1ccc(S(=O)(=O)Nc2ncnc3cc(N4CCN(Cc5cc(Cl)ccc5-c5ccccc5)CC4)ccc23)c(OC(F)(F)F)c1. The second-order valence-electron chi connectivity index (χ2n) is 14.7. The van der Waals surface area contributed by atoms with Crippen molar-refractivity contribution in [1.29, 1.82) is 0 Å². The summed E-state index contributed by atoms with van der Waals surface area (Å²) < 4.78 is 75.7. The smallest absolute Gasteiger partial charge is 0.404 e. The number of rotatable bonds is 16. The molecule has 1 atom stereocenters. The van der Waals surface area contributed by atoms with Crippen LogP contribution in [-0.4, -0.2) is 93.2 Å². The molecule has 5 aromatic carbocycles. The van der Waals surface area contributed by atoms with Crippen molar-refractivity contribution in [2.45, 2.75) is 35.2 Å². The summed E-state index contributed by atoms with van der Waals surface area (Å²) >= 11 is 8.03. The van der Waals surface area contributed by atoms with Crippen LogP contribution in [0.2, 0.25) is 5.02 Å². The zero-order valence-corrected chi connectivity index (χ0v) is 35.5. The fourth-order valence-electron chi connectivity index (χ4n) is 7.09. The Kier molecular flexibility index (Phi) is 13.7. The van der Waals surface area contributed by atoms with Gasteiger partial charge in [-0.2, -0.15) is 0 Å². The zero-order valence-electron chi connectivity index (χ0n) is 33.1. The monoisotopic (exact) mass is 875 g/mol. The van der Waals surface area contributed by atoms with Gasteiger partial charge in [0.2, 0.25) is 0 Å². The van der Waals surface area contributed by atoms with Crippen molar-refractivity contribution in [2.75, 3.05) is 67.5 Å². The van der Waals surface area contributed by atoms with Gasteiger partial charge in [0.1, 0.15) is 11.2 Å². The highest BCUT2D eigenvalue weighted by molar-refractivity contribution is 7.99. The van der Waals surface area contributed by atoms with Crippen LogP contribution in [0.1, 0.15) is 12.0 Å². The van der Waals surface area contributed by atoms with Gasteiger partial charge in [-0.3, -0.25) is 9.62 Å². The van der Waals surface area contributed by atoms with Crippen LogP contribution in [0.3, 0.4) is 0 Å². The third-order valence-electron chi connectivity index (χ3n) is 10.1. The molecule has 0 aliphatic carbocycles. The van der Waals surface area contributed by atoms with Crippen molar-refractivity contribution in [2.24, 2.45) is 0 Å². The lowest BCUT2D eigenvalue weighted by Gasteiger charge is -2.36. The highest BCUT2D eigenvalue weighted by Gasteiger charge is 2.35. The number of nitrogens with zero attached hydrogens (tertiary/aromatic N) is 5. The number of hydrogen-bond donors (Lipinski definition) is 2. The van der Waals surface area contributed by atoms with Crippen LogP contribution in [0.5, 0.6) is 5.75 Å². The Morgan fingerprint density at radius 3 is 2.33 bits per heavy atom. The number of nitrogens with one attached hydrogen (secondary N) is 2. The average Bonchev–Trinajstić information content (AvgIpc) is 3.22. The number of sulfonamides is 1. The zero-order chi connectivity index (χ0) is 42.3. The van der Waals surface area contributed by atoms with E-state index in [-0.39, 0.29) is 17.5 Å². The van der Waals surface area contributed by atoms with Crippen LogP contribution in [0, 0.1) is 0 Å². The normalized spacial score (nSPS) is 14.3. The van der Waals surface area contributed by atoms with Crippen LogP contribution in [0.15, 0.2) is 131 Å². The van der Waals surface area contributed by atoms with E-state index in [4.69, 9.17) is 11.6 Å². The summed E-state index contributed by atoms with van der Waals surface area (Å²) in [5, 5.41) is 4.37. The molecule has 10 nitrogen and oxygen atoms in total. The van der Waals surface area contributed by atoms with E-state index in [1.807, 2.05) is 91.8 Å². The van der Waals surface area contributed by atoms with Crippen LogP contribution in [-0.2, 0) is 16.6 Å². The molecule has 6 aromatic rings. The van der Waals surface area contributed by atoms with Crippen molar-refractivity contribution in [3.63, 3.8) is 0 Å². The van der Waals surface area contributed by atoms with E-state index in [0.29, 0.717) is 28.1 Å². The summed E-state index contributed by atoms with van der Waals surface area (Å²) in [6, 6.07) is 34.9. The second kappa shape index (κ2) is 19.1. The van der Waals surface area contributed by atoms with E-state index in [1.165, 1.54) is 12.4 Å². The molecule has 1 aromatic heterocycles. The summed E-state index contributed by atoms with van der Waals surface area (Å²) in [4.78, 5) is 15.6. The molecule has 60 heavy (non-hydrogen) atoms. The van der Waals surface area contributed by atoms with Crippen molar-refractivity contribution >= 4 is 61.5 Å². The summed E-state index contributed by atoms with van der Waals surface area (Å²) in [6.45, 7) is 4.55. The first-order valence-corrected chi connectivity index (χ1v) is 22.2. The Hall–Kier alpha value is -5.06. The van der Waals surface area contributed by atoms with Crippen molar-refractivity contribution in [3.8, 4) is 16.9 Å². The summed E-state index contributed by atoms with van der Waals surface area (Å²) in [6.07, 6.45) is -3.25. The molecule has 0 saturated carbocycles. The van der Waals surface area contributed by atoms with Gasteiger partial charge in [0.15, 0.2) is 11.6 Å². The van der Waals surface area contributed by atoms with Gasteiger partial charge < -0.3 is 19.9 Å². The minimum Gasteiger partial charge on any atom is -0.404 e. The first kappa shape index (κ1) is 43.0. The van der Waals surface area contributed by atoms with Crippen LogP contribution in [0.4, 0.5) is 30.4 Å². The molecule has 0 bridgehead atoms. The van der Waals surface area contributed by atoms with Crippen LogP contribution < -0.4 is 19.7 Å². The molecular formula is C44H45ClF3N7O3S2. The first-order chi connectivity index (χ1) is 28.8. The quantitative estimate of drug-likeness (QED) is 0.0915. The van der Waals surface area contributed by atoms with Crippen molar-refractivity contribution < 1.29 is 26.3 Å². The van der Waals surface area contributed by atoms with Crippen molar-refractivity contribution in [1.82, 2.24) is 19.8 Å². The van der Waals surface area contributed by atoms with E-state index in [1.54, 1.807) is 17.8 Å². The number of benzene rings is 5. The molecule has 0 spiro atoms. The molecule has 2 N–H and O–H groups in total. The van der Waals surface area contributed by atoms with Gasteiger partial charge in [-0.15, -0.1) is 24.9 Å². The number of alkyl halides is 3. The van der Waals surface area contributed by atoms with E-state index < -0.39 is 27.0 Å². The van der Waals surface area contributed by atoms with Gasteiger partial charge in [-0.1, -0.05) is 66.2 Å². The minimum absolute atomic E-state index is 0.0750. The molecule has 7 rings (SSSR count). The Bertz CT molecular complexity index is 2490. The number of hydrogen-bond acceptors (Lipinski definition) is 10. The molecule has 0 amide bonds. The van der Waals surface area contributed by atoms with Crippen LogP contribution in [0.25, 0.3) is 22.0 Å². The maximum atomic E-state index is 13.9. The number of thioether (sulfide) groups is 1. The maximum Gasteiger partial charge on any atom is 0.573 e. The van der Waals surface area contributed by atoms with Crippen LogP contribution >= 0.6 is 23.4 Å². The number of piperazine rings is 1. The fraction of sp³-hybridized carbons (Fsp3) is 0.273. The topological polar surface area (TPSA) is 103 Å². The third-order valence-corrected chi connectivity index (χ3v) is 12.9. The number of aromatic nitrogens is 2. The lowest BCUT2D eigenvalue weighted by Crippen LogP contribution is -2.46. The first-order valence-electron chi connectivity index (χ1n) is 19.4. The van der Waals surface area contributed by atoms with E-state index in [9.17, 15) is 21.6 Å². The molecule has 1 unspecified atom stereocenters. The molecule has 1 fully saturated rings. The Morgan fingerprint density at radius 1 is 0.883 bits per heavy atom. The van der Waals surface area contributed by atoms with E-state index in [2.05, 4.69) is 52.7 Å². The lowest BCUT2D eigenvalue weighted by atomic mass is 9.99. The highest BCUT2D eigenvalue weighted by atomic mass is 35.5. The lowest BCUT2D eigenvalue weighted by molar-refractivity contribution is -0.275. The fourth-order valence-corrected chi connectivity index (χ4v) is 9.42. The maximum absolute atomic E-state index is 13.9. The largest absolute Gasteiger partial charge is 0.573 e. The summed E-state index contributed by atoms with van der Waals surface area (Å²) in [5.74, 6) is -0.324. The molecule has 314 valence electrons. The minimum atomic E-state index is -5.15. The molecule has 1 aliphatic rings. The molecule has 16 heteroatoms.